The molecule has 4 rings (SSSR count). The van der Waals surface area contributed by atoms with Gasteiger partial charge in [0.05, 0.1) is 0 Å². The zero-order valence-corrected chi connectivity index (χ0v) is 20.8. The summed E-state index contributed by atoms with van der Waals surface area (Å²) in [5.41, 5.74) is 0. The molecule has 0 aromatic rings. The summed E-state index contributed by atoms with van der Waals surface area (Å²) >= 11 is 0. The van der Waals surface area contributed by atoms with Crippen molar-refractivity contribution >= 4 is 0 Å². The maximum absolute atomic E-state index is 2.48. The Morgan fingerprint density at radius 1 is 0.367 bits per heavy atom. The first-order valence-electron chi connectivity index (χ1n) is 13.2. The zero-order chi connectivity index (χ0) is 21.3. The van der Waals surface area contributed by atoms with Crippen molar-refractivity contribution in [1.29, 1.82) is 0 Å². The van der Waals surface area contributed by atoms with Gasteiger partial charge in [-0.2, -0.15) is 0 Å². The second kappa shape index (κ2) is 12.8. The van der Waals surface area contributed by atoms with E-state index in [-0.39, 0.29) is 0 Å². The van der Waals surface area contributed by atoms with Crippen LogP contribution in [-0.4, -0.2) is 100 Å². The number of likely N-dealkylation sites (tertiary alicyclic amines) is 4. The van der Waals surface area contributed by atoms with Crippen LogP contribution in [0.5, 0.6) is 0 Å². The molecule has 4 saturated heterocycles. The van der Waals surface area contributed by atoms with Crippen LogP contribution in [0, 0.1) is 23.7 Å². The summed E-state index contributed by atoms with van der Waals surface area (Å²) in [7, 11) is 9.02. The van der Waals surface area contributed by atoms with Gasteiger partial charge in [-0.1, -0.05) is 0 Å². The summed E-state index contributed by atoms with van der Waals surface area (Å²) in [6, 6.07) is 0. The fourth-order valence-corrected chi connectivity index (χ4v) is 6.13. The molecule has 0 N–H and O–H groups in total. The molecule has 0 atom stereocenters. The molecule has 4 heterocycles. The number of piperidine rings is 4. The molecule has 0 saturated carbocycles. The number of rotatable bonds is 4. The predicted molar refractivity (Wildman–Crippen MR) is 130 cm³/mol. The Bertz CT molecular complexity index is 356. The molecular formula is C26H52N4. The van der Waals surface area contributed by atoms with E-state index in [0.717, 1.165) is 23.7 Å². The van der Waals surface area contributed by atoms with Crippen molar-refractivity contribution in [2.24, 2.45) is 23.7 Å². The van der Waals surface area contributed by atoms with Crippen molar-refractivity contribution in [2.45, 2.75) is 64.2 Å². The zero-order valence-electron chi connectivity index (χ0n) is 20.8. The molecule has 4 nitrogen and oxygen atoms in total. The summed E-state index contributed by atoms with van der Waals surface area (Å²) in [5, 5.41) is 0. The first-order chi connectivity index (χ1) is 14.5. The fourth-order valence-electron chi connectivity index (χ4n) is 6.13. The summed E-state index contributed by atoms with van der Waals surface area (Å²) in [5.74, 6) is 4.15. The molecule has 0 amide bonds. The maximum Gasteiger partial charge on any atom is -0.00191 e. The van der Waals surface area contributed by atoms with Crippen molar-refractivity contribution in [3.05, 3.63) is 0 Å². The minimum atomic E-state index is 1.04. The van der Waals surface area contributed by atoms with E-state index in [1.165, 1.54) is 117 Å². The molecule has 0 bridgehead atoms. The Balaban J connectivity index is 0.000000171. The average Bonchev–Trinajstić information content (AvgIpc) is 2.75. The summed E-state index contributed by atoms with van der Waals surface area (Å²) in [6.07, 6.45) is 14.6. The second-order valence-corrected chi connectivity index (χ2v) is 11.5. The molecular weight excluding hydrogens is 368 g/mol. The highest BCUT2D eigenvalue weighted by atomic mass is 15.1. The molecule has 4 heteroatoms. The van der Waals surface area contributed by atoms with Crippen molar-refractivity contribution in [1.82, 2.24) is 19.6 Å². The third kappa shape index (κ3) is 8.76. The molecule has 176 valence electrons. The van der Waals surface area contributed by atoms with Crippen LogP contribution in [-0.2, 0) is 0 Å². The van der Waals surface area contributed by atoms with Gasteiger partial charge in [0.1, 0.15) is 0 Å². The van der Waals surface area contributed by atoms with Crippen molar-refractivity contribution in [2.75, 3.05) is 80.5 Å². The lowest BCUT2D eigenvalue weighted by molar-refractivity contribution is 0.156. The Morgan fingerprint density at radius 3 is 0.700 bits per heavy atom. The largest absolute Gasteiger partial charge is 0.306 e. The van der Waals surface area contributed by atoms with Crippen LogP contribution in [0.3, 0.4) is 0 Å². The van der Waals surface area contributed by atoms with Crippen LogP contribution in [0.4, 0.5) is 0 Å². The van der Waals surface area contributed by atoms with Crippen LogP contribution in [0.1, 0.15) is 64.2 Å². The average molecular weight is 421 g/mol. The standard InChI is InChI=1S/2C13H26N2/c2*1-14-7-3-12(4-8-14)11-13-5-9-15(2)10-6-13/h2*12-13H,3-11H2,1-2H3. The summed E-state index contributed by atoms with van der Waals surface area (Å²) in [4.78, 5) is 9.91. The van der Waals surface area contributed by atoms with Gasteiger partial charge < -0.3 is 19.6 Å². The van der Waals surface area contributed by atoms with Gasteiger partial charge in [0.2, 0.25) is 0 Å². The van der Waals surface area contributed by atoms with E-state index in [9.17, 15) is 0 Å². The molecule has 0 unspecified atom stereocenters. The second-order valence-electron chi connectivity index (χ2n) is 11.5. The van der Waals surface area contributed by atoms with Gasteiger partial charge in [-0.25, -0.2) is 0 Å². The lowest BCUT2D eigenvalue weighted by Crippen LogP contribution is -2.34. The van der Waals surface area contributed by atoms with Gasteiger partial charge in [0.15, 0.2) is 0 Å². The Hall–Kier alpha value is -0.160. The molecule has 0 aromatic heterocycles. The highest BCUT2D eigenvalue weighted by molar-refractivity contribution is 4.78. The van der Waals surface area contributed by atoms with Crippen LogP contribution in [0.15, 0.2) is 0 Å². The topological polar surface area (TPSA) is 13.0 Å². The Labute approximate surface area is 188 Å². The number of hydrogen-bond acceptors (Lipinski definition) is 4. The van der Waals surface area contributed by atoms with Gasteiger partial charge in [-0.15, -0.1) is 0 Å². The van der Waals surface area contributed by atoms with E-state index in [0.29, 0.717) is 0 Å². The minimum absolute atomic E-state index is 1.04. The minimum Gasteiger partial charge on any atom is -0.306 e. The van der Waals surface area contributed by atoms with E-state index in [1.807, 2.05) is 0 Å². The summed E-state index contributed by atoms with van der Waals surface area (Å²) < 4.78 is 0. The molecule has 0 radical (unpaired) electrons. The van der Waals surface area contributed by atoms with E-state index >= 15 is 0 Å². The van der Waals surface area contributed by atoms with Gasteiger partial charge in [-0.05, 0) is 168 Å². The molecule has 4 fully saturated rings. The molecule has 0 aromatic carbocycles. The molecule has 30 heavy (non-hydrogen) atoms. The maximum atomic E-state index is 2.48. The van der Waals surface area contributed by atoms with E-state index in [1.54, 1.807) is 0 Å². The SMILES string of the molecule is CN1CCC(CC2CCN(C)CC2)CC1.CN1CCC(CC2CCN(C)CC2)CC1. The van der Waals surface area contributed by atoms with Crippen molar-refractivity contribution < 1.29 is 0 Å². The monoisotopic (exact) mass is 420 g/mol. The predicted octanol–water partition coefficient (Wildman–Crippen LogP) is 4.12. The first kappa shape index (κ1) is 24.5. The Kier molecular flexibility index (Phi) is 10.4. The number of nitrogens with zero attached hydrogens (tertiary/aromatic N) is 4. The number of hydrogen-bond donors (Lipinski definition) is 0. The van der Waals surface area contributed by atoms with E-state index in [4.69, 9.17) is 0 Å². The third-order valence-electron chi connectivity index (χ3n) is 8.69. The summed E-state index contributed by atoms with van der Waals surface area (Å²) in [6.45, 7) is 10.6. The van der Waals surface area contributed by atoms with Crippen LogP contribution in [0.25, 0.3) is 0 Å². The van der Waals surface area contributed by atoms with Gasteiger partial charge in [0, 0.05) is 0 Å². The van der Waals surface area contributed by atoms with Crippen molar-refractivity contribution in [3.8, 4) is 0 Å². The molecule has 0 spiro atoms. The smallest absolute Gasteiger partial charge is 0.00191 e. The normalized spacial score (nSPS) is 28.4. The van der Waals surface area contributed by atoms with Crippen LogP contribution in [0.2, 0.25) is 0 Å². The van der Waals surface area contributed by atoms with E-state index < -0.39 is 0 Å². The third-order valence-corrected chi connectivity index (χ3v) is 8.69. The molecule has 4 aliphatic rings. The van der Waals surface area contributed by atoms with Gasteiger partial charge in [0.25, 0.3) is 0 Å². The lowest BCUT2D eigenvalue weighted by Gasteiger charge is -2.34. The molecule has 4 aliphatic heterocycles. The lowest BCUT2D eigenvalue weighted by atomic mass is 9.83. The van der Waals surface area contributed by atoms with E-state index in [2.05, 4.69) is 47.8 Å². The fraction of sp³-hybridized carbons (Fsp3) is 1.00. The highest BCUT2D eigenvalue weighted by Crippen LogP contribution is 2.30. The van der Waals surface area contributed by atoms with Crippen LogP contribution < -0.4 is 0 Å². The first-order valence-corrected chi connectivity index (χ1v) is 13.2. The van der Waals surface area contributed by atoms with Crippen LogP contribution >= 0.6 is 0 Å². The van der Waals surface area contributed by atoms with Gasteiger partial charge >= 0.3 is 0 Å². The Morgan fingerprint density at radius 2 is 0.533 bits per heavy atom. The highest BCUT2D eigenvalue weighted by Gasteiger charge is 2.24. The molecule has 0 aliphatic carbocycles. The van der Waals surface area contributed by atoms with Gasteiger partial charge in [-0.3, -0.25) is 0 Å². The van der Waals surface area contributed by atoms with Crippen molar-refractivity contribution in [3.63, 3.8) is 0 Å². The quantitative estimate of drug-likeness (QED) is 0.678.